The molecule has 2 N–H and O–H groups in total. The molecule has 0 aliphatic heterocycles. The number of rotatable bonds is 3. The molecule has 0 unspecified atom stereocenters. The first-order valence-corrected chi connectivity index (χ1v) is 5.83. The third-order valence-electron chi connectivity index (χ3n) is 2.93. The Hall–Kier alpha value is -1.35. The van der Waals surface area contributed by atoms with Gasteiger partial charge >= 0.3 is 5.97 Å². The summed E-state index contributed by atoms with van der Waals surface area (Å²) in [7, 11) is 0. The standard InChI is InChI=1S/C13H17NO2/c14-9-8-13(15)16-12-7-3-5-10-4-1-2-6-11(10)12/h3,5,7H,1-2,4,6,8-9,14H2. The molecular weight excluding hydrogens is 202 g/mol. The summed E-state index contributed by atoms with van der Waals surface area (Å²) in [6, 6.07) is 5.95. The fourth-order valence-corrected chi connectivity index (χ4v) is 2.13. The largest absolute Gasteiger partial charge is 0.426 e. The van der Waals surface area contributed by atoms with Crippen LogP contribution in [0.25, 0.3) is 0 Å². The molecule has 0 radical (unpaired) electrons. The number of hydrogen-bond donors (Lipinski definition) is 1. The summed E-state index contributed by atoms with van der Waals surface area (Å²) in [5, 5.41) is 0. The van der Waals surface area contributed by atoms with Crippen LogP contribution in [0.5, 0.6) is 5.75 Å². The van der Waals surface area contributed by atoms with Gasteiger partial charge in [-0.25, -0.2) is 0 Å². The van der Waals surface area contributed by atoms with E-state index in [0.29, 0.717) is 6.54 Å². The molecule has 1 aromatic rings. The molecule has 1 aliphatic carbocycles. The summed E-state index contributed by atoms with van der Waals surface area (Å²) in [6.45, 7) is 0.341. The van der Waals surface area contributed by atoms with Crippen LogP contribution in [-0.4, -0.2) is 12.5 Å². The van der Waals surface area contributed by atoms with Crippen molar-refractivity contribution >= 4 is 5.97 Å². The Morgan fingerprint density at radius 1 is 1.31 bits per heavy atom. The maximum absolute atomic E-state index is 11.4. The minimum absolute atomic E-state index is 0.235. The molecule has 0 spiro atoms. The average Bonchev–Trinajstić information content (AvgIpc) is 2.30. The quantitative estimate of drug-likeness (QED) is 0.623. The number of nitrogens with two attached hydrogens (primary N) is 1. The third kappa shape index (κ3) is 2.42. The second-order valence-corrected chi connectivity index (χ2v) is 4.11. The minimum atomic E-state index is -0.235. The smallest absolute Gasteiger partial charge is 0.312 e. The number of esters is 1. The molecular formula is C13H17NO2. The van der Waals surface area contributed by atoms with Crippen LogP contribution in [0.2, 0.25) is 0 Å². The average molecular weight is 219 g/mol. The SMILES string of the molecule is NCCC(=O)Oc1cccc2c1CCCC2. The second-order valence-electron chi connectivity index (χ2n) is 4.11. The topological polar surface area (TPSA) is 52.3 Å². The number of carbonyl (C=O) groups excluding carboxylic acids is 1. The number of carbonyl (C=O) groups is 1. The number of benzene rings is 1. The maximum Gasteiger partial charge on any atom is 0.312 e. The van der Waals surface area contributed by atoms with E-state index in [1.165, 1.54) is 24.0 Å². The monoisotopic (exact) mass is 219 g/mol. The van der Waals surface area contributed by atoms with E-state index in [9.17, 15) is 4.79 Å². The Bertz CT molecular complexity index is 388. The summed E-state index contributed by atoms with van der Waals surface area (Å²) in [5.74, 6) is 0.497. The van der Waals surface area contributed by atoms with Gasteiger partial charge in [-0.3, -0.25) is 4.79 Å². The van der Waals surface area contributed by atoms with Crippen LogP contribution in [0.15, 0.2) is 18.2 Å². The number of ether oxygens (including phenoxy) is 1. The number of hydrogen-bond acceptors (Lipinski definition) is 3. The van der Waals surface area contributed by atoms with Gasteiger partial charge in [0.1, 0.15) is 5.75 Å². The van der Waals surface area contributed by atoms with Gasteiger partial charge in [0, 0.05) is 6.54 Å². The van der Waals surface area contributed by atoms with Gasteiger partial charge in [0.15, 0.2) is 0 Å². The molecule has 0 amide bonds. The molecule has 3 nitrogen and oxygen atoms in total. The van der Waals surface area contributed by atoms with E-state index >= 15 is 0 Å². The first-order valence-electron chi connectivity index (χ1n) is 5.83. The predicted molar refractivity (Wildman–Crippen MR) is 62.4 cm³/mol. The van der Waals surface area contributed by atoms with Crippen LogP contribution >= 0.6 is 0 Å². The molecule has 2 rings (SSSR count). The zero-order valence-corrected chi connectivity index (χ0v) is 9.37. The van der Waals surface area contributed by atoms with E-state index in [1.807, 2.05) is 12.1 Å². The highest BCUT2D eigenvalue weighted by Crippen LogP contribution is 2.29. The number of fused-ring (bicyclic) bond motifs is 1. The van der Waals surface area contributed by atoms with Crippen molar-refractivity contribution in [3.63, 3.8) is 0 Å². The first kappa shape index (κ1) is 11.1. The Morgan fingerprint density at radius 2 is 2.12 bits per heavy atom. The van der Waals surface area contributed by atoms with Gasteiger partial charge in [0.25, 0.3) is 0 Å². The van der Waals surface area contributed by atoms with Gasteiger partial charge < -0.3 is 10.5 Å². The van der Waals surface area contributed by atoms with Crippen LogP contribution in [0, 0.1) is 0 Å². The summed E-state index contributed by atoms with van der Waals surface area (Å²) < 4.78 is 5.33. The predicted octanol–water partition coefficient (Wildman–Crippen LogP) is 1.82. The Balaban J connectivity index is 2.17. The lowest BCUT2D eigenvalue weighted by molar-refractivity contribution is -0.134. The molecule has 0 heterocycles. The van der Waals surface area contributed by atoms with Crippen LogP contribution in [-0.2, 0) is 17.6 Å². The van der Waals surface area contributed by atoms with E-state index in [-0.39, 0.29) is 12.4 Å². The van der Waals surface area contributed by atoms with Gasteiger partial charge in [-0.2, -0.15) is 0 Å². The summed E-state index contributed by atoms with van der Waals surface area (Å²) >= 11 is 0. The third-order valence-corrected chi connectivity index (χ3v) is 2.93. The lowest BCUT2D eigenvalue weighted by Gasteiger charge is -2.18. The Labute approximate surface area is 95.6 Å². The van der Waals surface area contributed by atoms with Crippen molar-refractivity contribution in [3.8, 4) is 5.75 Å². The molecule has 16 heavy (non-hydrogen) atoms. The van der Waals surface area contributed by atoms with Crippen molar-refractivity contribution in [3.05, 3.63) is 29.3 Å². The lowest BCUT2D eigenvalue weighted by Crippen LogP contribution is -2.15. The Kier molecular flexibility index (Phi) is 3.57. The van der Waals surface area contributed by atoms with Crippen molar-refractivity contribution in [2.45, 2.75) is 32.1 Å². The maximum atomic E-state index is 11.4. The highest BCUT2D eigenvalue weighted by atomic mass is 16.5. The van der Waals surface area contributed by atoms with E-state index in [1.54, 1.807) is 0 Å². The molecule has 3 heteroatoms. The van der Waals surface area contributed by atoms with Gasteiger partial charge in [-0.15, -0.1) is 0 Å². The second kappa shape index (κ2) is 5.12. The van der Waals surface area contributed by atoms with E-state index in [4.69, 9.17) is 10.5 Å². The van der Waals surface area contributed by atoms with E-state index < -0.39 is 0 Å². The summed E-state index contributed by atoms with van der Waals surface area (Å²) in [6.07, 6.45) is 4.80. The highest BCUT2D eigenvalue weighted by molar-refractivity contribution is 5.73. The van der Waals surface area contributed by atoms with Crippen molar-refractivity contribution < 1.29 is 9.53 Å². The van der Waals surface area contributed by atoms with E-state index in [2.05, 4.69) is 6.07 Å². The Morgan fingerprint density at radius 3 is 2.94 bits per heavy atom. The van der Waals surface area contributed by atoms with Crippen LogP contribution in [0.4, 0.5) is 0 Å². The van der Waals surface area contributed by atoms with Crippen LogP contribution < -0.4 is 10.5 Å². The zero-order valence-electron chi connectivity index (χ0n) is 9.37. The van der Waals surface area contributed by atoms with Crippen molar-refractivity contribution in [1.82, 2.24) is 0 Å². The molecule has 0 saturated heterocycles. The fraction of sp³-hybridized carbons (Fsp3) is 0.462. The van der Waals surface area contributed by atoms with E-state index in [0.717, 1.165) is 18.6 Å². The molecule has 0 fully saturated rings. The van der Waals surface area contributed by atoms with Crippen molar-refractivity contribution in [2.24, 2.45) is 5.73 Å². The fourth-order valence-electron chi connectivity index (χ4n) is 2.13. The minimum Gasteiger partial charge on any atom is -0.426 e. The first-order chi connectivity index (χ1) is 7.81. The zero-order chi connectivity index (χ0) is 11.4. The molecule has 0 atom stereocenters. The summed E-state index contributed by atoms with van der Waals surface area (Å²) in [4.78, 5) is 11.4. The van der Waals surface area contributed by atoms with Gasteiger partial charge in [0.05, 0.1) is 6.42 Å². The number of aryl methyl sites for hydroxylation is 1. The molecule has 1 aromatic carbocycles. The van der Waals surface area contributed by atoms with Crippen LogP contribution in [0.1, 0.15) is 30.4 Å². The molecule has 1 aliphatic rings. The summed E-state index contributed by atoms with van der Waals surface area (Å²) in [5.41, 5.74) is 7.85. The van der Waals surface area contributed by atoms with Crippen LogP contribution in [0.3, 0.4) is 0 Å². The lowest BCUT2D eigenvalue weighted by atomic mass is 9.91. The molecule has 0 saturated carbocycles. The molecule has 0 aromatic heterocycles. The van der Waals surface area contributed by atoms with Gasteiger partial charge in [0.2, 0.25) is 0 Å². The van der Waals surface area contributed by atoms with Crippen molar-refractivity contribution in [1.29, 1.82) is 0 Å². The molecule has 0 bridgehead atoms. The van der Waals surface area contributed by atoms with Crippen molar-refractivity contribution in [2.75, 3.05) is 6.54 Å². The highest BCUT2D eigenvalue weighted by Gasteiger charge is 2.15. The normalized spacial score (nSPS) is 14.3. The van der Waals surface area contributed by atoms with Gasteiger partial charge in [-0.1, -0.05) is 12.1 Å². The molecule has 86 valence electrons. The van der Waals surface area contributed by atoms with Gasteiger partial charge in [-0.05, 0) is 42.9 Å².